The van der Waals surface area contributed by atoms with E-state index in [-0.39, 0.29) is 17.8 Å². The van der Waals surface area contributed by atoms with E-state index in [0.717, 1.165) is 12.8 Å². The second-order valence-corrected chi connectivity index (χ2v) is 4.49. The molecule has 1 aromatic carbocycles. The lowest BCUT2D eigenvalue weighted by atomic mass is 9.90. The van der Waals surface area contributed by atoms with Crippen molar-refractivity contribution in [1.29, 1.82) is 0 Å². The molecule has 0 aliphatic carbocycles. The highest BCUT2D eigenvalue weighted by molar-refractivity contribution is 5.98. The minimum absolute atomic E-state index is 0.111. The van der Waals surface area contributed by atoms with Crippen LogP contribution in [0.1, 0.15) is 23.2 Å². The molecule has 1 amide bonds. The lowest BCUT2D eigenvalue weighted by molar-refractivity contribution is 0.0772. The molecule has 0 bridgehead atoms. The molecule has 1 fully saturated rings. The number of Topliss-reactive ketones (excluding diaryl/α,β-unsaturated/α-hetero) is 1. The van der Waals surface area contributed by atoms with Gasteiger partial charge in [-0.2, -0.15) is 0 Å². The average molecular weight is 247 g/mol. The number of amides is 1. The van der Waals surface area contributed by atoms with Crippen molar-refractivity contribution in [1.82, 2.24) is 4.90 Å². The van der Waals surface area contributed by atoms with Crippen molar-refractivity contribution >= 4 is 11.9 Å². The number of carbonyl (C=O) groups excluding carboxylic acids is 2. The normalized spacial score (nSPS) is 19.4. The summed E-state index contributed by atoms with van der Waals surface area (Å²) in [5, 5.41) is 0. The molecule has 1 saturated heterocycles. The lowest BCUT2D eigenvalue weighted by Gasteiger charge is -2.30. The Kier molecular flexibility index (Phi) is 3.97. The van der Waals surface area contributed by atoms with Crippen LogP contribution in [-0.2, 0) is 4.74 Å². The maximum absolute atomic E-state index is 12.3. The Morgan fingerprint density at radius 3 is 2.67 bits per heavy atom. The molecule has 1 aromatic rings. The number of rotatable bonds is 2. The van der Waals surface area contributed by atoms with E-state index < -0.39 is 0 Å². The highest BCUT2D eigenvalue weighted by Gasteiger charge is 2.29. The van der Waals surface area contributed by atoms with Crippen LogP contribution in [0, 0.1) is 5.92 Å². The van der Waals surface area contributed by atoms with Gasteiger partial charge in [0.2, 0.25) is 0 Å². The summed E-state index contributed by atoms with van der Waals surface area (Å²) >= 11 is 0. The first-order valence-corrected chi connectivity index (χ1v) is 6.14. The number of ether oxygens (including phenoxy) is 1. The first-order valence-electron chi connectivity index (χ1n) is 6.14. The Hall–Kier alpha value is -1.84. The number of hydrogen-bond acceptors (Lipinski definition) is 3. The van der Waals surface area contributed by atoms with Gasteiger partial charge in [-0.15, -0.1) is 0 Å². The predicted molar refractivity (Wildman–Crippen MR) is 67.5 cm³/mol. The molecule has 96 valence electrons. The Morgan fingerprint density at radius 1 is 1.28 bits per heavy atom. The van der Waals surface area contributed by atoms with E-state index in [2.05, 4.69) is 0 Å². The number of benzene rings is 1. The van der Waals surface area contributed by atoms with E-state index in [1.54, 1.807) is 4.90 Å². The molecule has 1 heterocycles. The van der Waals surface area contributed by atoms with Gasteiger partial charge in [0.1, 0.15) is 0 Å². The van der Waals surface area contributed by atoms with Gasteiger partial charge in [0.25, 0.3) is 0 Å². The largest absolute Gasteiger partial charge is 0.453 e. The summed E-state index contributed by atoms with van der Waals surface area (Å²) in [4.78, 5) is 25.3. The molecule has 0 aromatic heterocycles. The lowest BCUT2D eigenvalue weighted by Crippen LogP contribution is -2.42. The fourth-order valence-corrected chi connectivity index (χ4v) is 2.32. The molecule has 1 aliphatic heterocycles. The van der Waals surface area contributed by atoms with Gasteiger partial charge in [0.15, 0.2) is 5.78 Å². The van der Waals surface area contributed by atoms with E-state index in [9.17, 15) is 9.59 Å². The first kappa shape index (κ1) is 12.6. The Morgan fingerprint density at radius 2 is 2.00 bits per heavy atom. The predicted octanol–water partition coefficient (Wildman–Crippen LogP) is 2.35. The zero-order valence-corrected chi connectivity index (χ0v) is 10.5. The minimum Gasteiger partial charge on any atom is -0.453 e. The van der Waals surface area contributed by atoms with Gasteiger partial charge in [-0.3, -0.25) is 4.79 Å². The second-order valence-electron chi connectivity index (χ2n) is 4.49. The molecule has 18 heavy (non-hydrogen) atoms. The monoisotopic (exact) mass is 247 g/mol. The number of methoxy groups -OCH3 is 1. The zero-order chi connectivity index (χ0) is 13.0. The molecule has 0 N–H and O–H groups in total. The van der Waals surface area contributed by atoms with Crippen LogP contribution in [0.3, 0.4) is 0 Å². The molecule has 0 unspecified atom stereocenters. The maximum atomic E-state index is 12.3. The van der Waals surface area contributed by atoms with E-state index >= 15 is 0 Å². The number of piperidine rings is 1. The van der Waals surface area contributed by atoms with Crippen molar-refractivity contribution in [2.24, 2.45) is 5.92 Å². The highest BCUT2D eigenvalue weighted by atomic mass is 16.5. The molecule has 4 nitrogen and oxygen atoms in total. The summed E-state index contributed by atoms with van der Waals surface area (Å²) in [6, 6.07) is 9.24. The smallest absolute Gasteiger partial charge is 0.409 e. The summed E-state index contributed by atoms with van der Waals surface area (Å²) in [5.74, 6) is 0.00412. The number of hydrogen-bond donors (Lipinski definition) is 0. The number of ketones is 1. The summed E-state index contributed by atoms with van der Waals surface area (Å²) < 4.78 is 4.70. The Bertz CT molecular complexity index is 430. The van der Waals surface area contributed by atoms with Crippen LogP contribution in [0.4, 0.5) is 4.79 Å². The SMILES string of the molecule is COC(=O)N1CCC[C@@H](C(=O)c2ccccc2)C1. The molecule has 4 heteroatoms. The van der Waals surface area contributed by atoms with Gasteiger partial charge in [0.05, 0.1) is 7.11 Å². The van der Waals surface area contributed by atoms with Crippen LogP contribution in [-0.4, -0.2) is 37.0 Å². The molecule has 0 radical (unpaired) electrons. The maximum Gasteiger partial charge on any atom is 0.409 e. The first-order chi connectivity index (χ1) is 8.72. The molecule has 0 spiro atoms. The summed E-state index contributed by atoms with van der Waals surface area (Å²) in [5.41, 5.74) is 0.717. The summed E-state index contributed by atoms with van der Waals surface area (Å²) in [7, 11) is 1.37. The van der Waals surface area contributed by atoms with Gasteiger partial charge in [-0.25, -0.2) is 4.79 Å². The van der Waals surface area contributed by atoms with Crippen LogP contribution in [0.2, 0.25) is 0 Å². The Labute approximate surface area is 107 Å². The number of carbonyl (C=O) groups is 2. The number of likely N-dealkylation sites (tertiary alicyclic amines) is 1. The van der Waals surface area contributed by atoms with Gasteiger partial charge in [-0.05, 0) is 12.8 Å². The minimum atomic E-state index is -0.347. The quantitative estimate of drug-likeness (QED) is 0.754. The van der Waals surface area contributed by atoms with E-state index in [1.165, 1.54) is 7.11 Å². The third kappa shape index (κ3) is 2.70. The van der Waals surface area contributed by atoms with E-state index in [0.29, 0.717) is 18.7 Å². The second kappa shape index (κ2) is 5.67. The van der Waals surface area contributed by atoms with E-state index in [1.807, 2.05) is 30.3 Å². The molecular weight excluding hydrogens is 230 g/mol. The molecule has 0 saturated carbocycles. The molecular formula is C14H17NO3. The standard InChI is InChI=1S/C14H17NO3/c1-18-14(17)15-9-5-8-12(10-15)13(16)11-6-3-2-4-7-11/h2-4,6-7,12H,5,8-10H2,1H3/t12-/m1/s1. The van der Waals surface area contributed by atoms with Crippen molar-refractivity contribution in [2.75, 3.05) is 20.2 Å². The third-order valence-corrected chi connectivity index (χ3v) is 3.28. The van der Waals surface area contributed by atoms with Crippen LogP contribution < -0.4 is 0 Å². The highest BCUT2D eigenvalue weighted by Crippen LogP contribution is 2.21. The number of nitrogens with zero attached hydrogens (tertiary/aromatic N) is 1. The van der Waals surface area contributed by atoms with Crippen molar-refractivity contribution in [3.05, 3.63) is 35.9 Å². The molecule has 2 rings (SSSR count). The van der Waals surface area contributed by atoms with Gasteiger partial charge >= 0.3 is 6.09 Å². The van der Waals surface area contributed by atoms with Crippen molar-refractivity contribution in [2.45, 2.75) is 12.8 Å². The summed E-state index contributed by atoms with van der Waals surface area (Å²) in [6.07, 6.45) is 1.33. The van der Waals surface area contributed by atoms with Crippen LogP contribution >= 0.6 is 0 Å². The van der Waals surface area contributed by atoms with Crippen molar-refractivity contribution < 1.29 is 14.3 Å². The topological polar surface area (TPSA) is 46.6 Å². The fraction of sp³-hybridized carbons (Fsp3) is 0.429. The average Bonchev–Trinajstić information content (AvgIpc) is 2.46. The van der Waals surface area contributed by atoms with Crippen molar-refractivity contribution in [3.63, 3.8) is 0 Å². The van der Waals surface area contributed by atoms with Crippen molar-refractivity contribution in [3.8, 4) is 0 Å². The van der Waals surface area contributed by atoms with E-state index in [4.69, 9.17) is 4.74 Å². The van der Waals surface area contributed by atoms with Gasteiger partial charge in [0, 0.05) is 24.6 Å². The molecule has 1 atom stereocenters. The fourth-order valence-electron chi connectivity index (χ4n) is 2.32. The van der Waals surface area contributed by atoms with Crippen LogP contribution in [0.15, 0.2) is 30.3 Å². The third-order valence-electron chi connectivity index (χ3n) is 3.28. The molecule has 1 aliphatic rings. The van der Waals surface area contributed by atoms with Crippen LogP contribution in [0.5, 0.6) is 0 Å². The Balaban J connectivity index is 2.05. The van der Waals surface area contributed by atoms with Gasteiger partial charge in [-0.1, -0.05) is 30.3 Å². The zero-order valence-electron chi connectivity index (χ0n) is 10.5. The van der Waals surface area contributed by atoms with Gasteiger partial charge < -0.3 is 9.64 Å². The van der Waals surface area contributed by atoms with Crippen LogP contribution in [0.25, 0.3) is 0 Å². The summed E-state index contributed by atoms with van der Waals surface area (Å²) in [6.45, 7) is 1.13.